The van der Waals surface area contributed by atoms with Crippen molar-refractivity contribution >= 4 is 0 Å². The minimum absolute atomic E-state index is 0.328. The van der Waals surface area contributed by atoms with Crippen LogP contribution in [-0.2, 0) is 0 Å². The molecule has 2 nitrogen and oxygen atoms in total. The summed E-state index contributed by atoms with van der Waals surface area (Å²) >= 11 is 0. The molecule has 1 aliphatic heterocycles. The van der Waals surface area contributed by atoms with E-state index in [1.807, 2.05) is 0 Å². The highest BCUT2D eigenvalue weighted by Crippen LogP contribution is 2.38. The van der Waals surface area contributed by atoms with E-state index in [1.165, 1.54) is 38.6 Å². The van der Waals surface area contributed by atoms with Crippen LogP contribution in [0.15, 0.2) is 0 Å². The van der Waals surface area contributed by atoms with Crippen molar-refractivity contribution in [2.45, 2.75) is 70.4 Å². The molecule has 16 heavy (non-hydrogen) atoms. The van der Waals surface area contributed by atoms with Gasteiger partial charge in [-0.05, 0) is 46.1 Å². The summed E-state index contributed by atoms with van der Waals surface area (Å²) in [5.41, 5.74) is -0.328. The van der Waals surface area contributed by atoms with Gasteiger partial charge < -0.3 is 10.0 Å². The van der Waals surface area contributed by atoms with Crippen molar-refractivity contribution in [2.75, 3.05) is 13.1 Å². The topological polar surface area (TPSA) is 23.5 Å². The summed E-state index contributed by atoms with van der Waals surface area (Å²) in [7, 11) is 0. The van der Waals surface area contributed by atoms with Crippen LogP contribution in [0.5, 0.6) is 0 Å². The van der Waals surface area contributed by atoms with E-state index in [4.69, 9.17) is 0 Å². The first-order valence-corrected chi connectivity index (χ1v) is 7.08. The van der Waals surface area contributed by atoms with E-state index in [2.05, 4.69) is 18.7 Å². The lowest BCUT2D eigenvalue weighted by Crippen LogP contribution is -2.50. The molecular weight excluding hydrogens is 198 g/mol. The smallest absolute Gasteiger partial charge is 0.0688 e. The van der Waals surface area contributed by atoms with Gasteiger partial charge in [-0.2, -0.15) is 0 Å². The Labute approximate surface area is 100 Å². The van der Waals surface area contributed by atoms with Crippen LogP contribution >= 0.6 is 0 Å². The molecular formula is C14H27NO. The van der Waals surface area contributed by atoms with E-state index in [1.54, 1.807) is 0 Å². The third-order valence-electron chi connectivity index (χ3n) is 4.66. The third-order valence-corrected chi connectivity index (χ3v) is 4.66. The van der Waals surface area contributed by atoms with Crippen LogP contribution in [-0.4, -0.2) is 34.7 Å². The summed E-state index contributed by atoms with van der Waals surface area (Å²) in [6, 6.07) is 0.634. The fourth-order valence-corrected chi connectivity index (χ4v) is 3.49. The number of rotatable bonds is 2. The predicted octanol–water partition coefficient (Wildman–Crippen LogP) is 2.80. The minimum Gasteiger partial charge on any atom is -0.390 e. The molecule has 0 bridgehead atoms. The second-order valence-electron chi connectivity index (χ2n) is 6.09. The molecule has 1 heterocycles. The Morgan fingerprint density at radius 3 is 2.44 bits per heavy atom. The molecule has 0 spiro atoms. The molecule has 0 aromatic rings. The van der Waals surface area contributed by atoms with Crippen molar-refractivity contribution in [3.63, 3.8) is 0 Å². The van der Waals surface area contributed by atoms with Crippen LogP contribution in [0.4, 0.5) is 0 Å². The zero-order valence-electron chi connectivity index (χ0n) is 10.9. The summed E-state index contributed by atoms with van der Waals surface area (Å²) in [5, 5.41) is 10.8. The van der Waals surface area contributed by atoms with Crippen LogP contribution in [0.3, 0.4) is 0 Å². The predicted molar refractivity (Wildman–Crippen MR) is 67.5 cm³/mol. The van der Waals surface area contributed by atoms with Crippen molar-refractivity contribution in [2.24, 2.45) is 5.92 Å². The first kappa shape index (κ1) is 12.4. The van der Waals surface area contributed by atoms with Gasteiger partial charge >= 0.3 is 0 Å². The Morgan fingerprint density at radius 2 is 1.81 bits per heavy atom. The van der Waals surface area contributed by atoms with Gasteiger partial charge in [-0.3, -0.25) is 0 Å². The Morgan fingerprint density at radius 1 is 1.12 bits per heavy atom. The first-order valence-electron chi connectivity index (χ1n) is 7.08. The monoisotopic (exact) mass is 225 g/mol. The Kier molecular flexibility index (Phi) is 3.91. The minimum atomic E-state index is -0.328. The van der Waals surface area contributed by atoms with Gasteiger partial charge in [0.25, 0.3) is 0 Å². The molecule has 2 heteroatoms. The SMILES string of the molecule is CC(C)N1CCCC(C2(O)CCCCC2)C1. The van der Waals surface area contributed by atoms with Gasteiger partial charge in [0, 0.05) is 18.5 Å². The van der Waals surface area contributed by atoms with Crippen molar-refractivity contribution in [3.8, 4) is 0 Å². The van der Waals surface area contributed by atoms with Crippen LogP contribution in [0.2, 0.25) is 0 Å². The zero-order valence-corrected chi connectivity index (χ0v) is 10.9. The molecule has 0 aromatic heterocycles. The molecule has 0 aromatic carbocycles. The highest BCUT2D eigenvalue weighted by molar-refractivity contribution is 4.92. The quantitative estimate of drug-likeness (QED) is 0.781. The zero-order chi connectivity index (χ0) is 11.6. The van der Waals surface area contributed by atoms with Crippen LogP contribution in [0.1, 0.15) is 58.8 Å². The second kappa shape index (κ2) is 5.05. The van der Waals surface area contributed by atoms with Crippen molar-refractivity contribution in [3.05, 3.63) is 0 Å². The lowest BCUT2D eigenvalue weighted by Gasteiger charge is -2.45. The Balaban J connectivity index is 1.97. The molecule has 2 fully saturated rings. The van der Waals surface area contributed by atoms with Crippen molar-refractivity contribution in [1.82, 2.24) is 4.90 Å². The maximum atomic E-state index is 10.8. The number of nitrogens with zero attached hydrogens (tertiary/aromatic N) is 1. The Hall–Kier alpha value is -0.0800. The molecule has 0 amide bonds. The van der Waals surface area contributed by atoms with Gasteiger partial charge in [-0.1, -0.05) is 19.3 Å². The van der Waals surface area contributed by atoms with Gasteiger partial charge in [-0.15, -0.1) is 0 Å². The van der Waals surface area contributed by atoms with E-state index in [0.29, 0.717) is 12.0 Å². The molecule has 2 rings (SSSR count). The number of hydrogen-bond donors (Lipinski definition) is 1. The highest BCUT2D eigenvalue weighted by Gasteiger charge is 2.39. The third kappa shape index (κ3) is 2.60. The van der Waals surface area contributed by atoms with Gasteiger partial charge in [0.1, 0.15) is 0 Å². The number of likely N-dealkylation sites (tertiary alicyclic amines) is 1. The lowest BCUT2D eigenvalue weighted by atomic mass is 9.72. The average Bonchev–Trinajstić information content (AvgIpc) is 2.30. The maximum absolute atomic E-state index is 10.8. The first-order chi connectivity index (χ1) is 7.62. The van der Waals surface area contributed by atoms with Gasteiger partial charge in [0.15, 0.2) is 0 Å². The molecule has 94 valence electrons. The standard InChI is InChI=1S/C14H27NO/c1-12(2)15-10-6-7-13(11-15)14(16)8-4-3-5-9-14/h12-13,16H,3-11H2,1-2H3. The maximum Gasteiger partial charge on any atom is 0.0688 e. The molecule has 1 aliphatic carbocycles. The Bertz CT molecular complexity index is 221. The highest BCUT2D eigenvalue weighted by atomic mass is 16.3. The van der Waals surface area contributed by atoms with Crippen molar-refractivity contribution in [1.29, 1.82) is 0 Å². The summed E-state index contributed by atoms with van der Waals surface area (Å²) in [5.74, 6) is 0.531. The second-order valence-corrected chi connectivity index (χ2v) is 6.09. The lowest BCUT2D eigenvalue weighted by molar-refractivity contribution is -0.0758. The van der Waals surface area contributed by atoms with Crippen LogP contribution in [0, 0.1) is 5.92 Å². The van der Waals surface area contributed by atoms with Gasteiger partial charge in [0.2, 0.25) is 0 Å². The molecule has 1 unspecified atom stereocenters. The fourth-order valence-electron chi connectivity index (χ4n) is 3.49. The van der Waals surface area contributed by atoms with E-state index < -0.39 is 0 Å². The normalized spacial score (nSPS) is 31.9. The summed E-state index contributed by atoms with van der Waals surface area (Å²) in [4.78, 5) is 2.54. The van der Waals surface area contributed by atoms with Gasteiger partial charge in [0.05, 0.1) is 5.60 Å². The molecule has 2 aliphatic rings. The van der Waals surface area contributed by atoms with Crippen LogP contribution < -0.4 is 0 Å². The number of hydrogen-bond acceptors (Lipinski definition) is 2. The largest absolute Gasteiger partial charge is 0.390 e. The van der Waals surface area contributed by atoms with Crippen LogP contribution in [0.25, 0.3) is 0 Å². The van der Waals surface area contributed by atoms with E-state index >= 15 is 0 Å². The fraction of sp³-hybridized carbons (Fsp3) is 1.00. The van der Waals surface area contributed by atoms with E-state index in [9.17, 15) is 5.11 Å². The number of aliphatic hydroxyl groups is 1. The molecule has 0 radical (unpaired) electrons. The average molecular weight is 225 g/mol. The van der Waals surface area contributed by atoms with E-state index in [-0.39, 0.29) is 5.60 Å². The molecule has 1 saturated carbocycles. The summed E-state index contributed by atoms with van der Waals surface area (Å²) in [6.45, 7) is 6.89. The summed E-state index contributed by atoms with van der Waals surface area (Å²) in [6.07, 6.45) is 8.38. The number of piperidine rings is 1. The summed E-state index contributed by atoms with van der Waals surface area (Å²) < 4.78 is 0. The van der Waals surface area contributed by atoms with Crippen molar-refractivity contribution < 1.29 is 5.11 Å². The molecule has 1 saturated heterocycles. The molecule has 1 N–H and O–H groups in total. The van der Waals surface area contributed by atoms with Gasteiger partial charge in [-0.25, -0.2) is 0 Å². The molecule has 1 atom stereocenters. The van der Waals surface area contributed by atoms with E-state index in [0.717, 1.165) is 19.4 Å².